The Bertz CT molecular complexity index is 420. The van der Waals surface area contributed by atoms with E-state index in [-0.39, 0.29) is 0 Å². The molecule has 0 radical (unpaired) electrons. The largest absolute Gasteiger partial charge is 0.381 e. The van der Waals surface area contributed by atoms with Gasteiger partial charge in [-0.05, 0) is 38.5 Å². The van der Waals surface area contributed by atoms with E-state index in [4.69, 9.17) is 18.9 Å². The molecule has 0 N–H and O–H groups in total. The first-order valence-electron chi connectivity index (χ1n) is 13.3. The summed E-state index contributed by atoms with van der Waals surface area (Å²) in [6.45, 7) is 19.8. The molecule has 0 saturated carbocycles. The molecular formula is C26H52O4Si. The lowest BCUT2D eigenvalue weighted by molar-refractivity contribution is -0.103. The first-order valence-corrected chi connectivity index (χ1v) is 15.9. The Balaban J connectivity index is 1.69. The fraction of sp³-hybridized carbons (Fsp3) is 1.00. The van der Waals surface area contributed by atoms with Gasteiger partial charge < -0.3 is 18.9 Å². The van der Waals surface area contributed by atoms with Gasteiger partial charge in [0.15, 0.2) is 0 Å². The average molecular weight is 457 g/mol. The second-order valence-corrected chi connectivity index (χ2v) is 16.4. The van der Waals surface area contributed by atoms with Crippen molar-refractivity contribution in [3.63, 3.8) is 0 Å². The predicted molar refractivity (Wildman–Crippen MR) is 133 cm³/mol. The lowest BCUT2D eigenvalue weighted by Gasteiger charge is -2.40. The molecule has 0 spiro atoms. The molecule has 2 saturated heterocycles. The minimum atomic E-state index is -1.37. The molecule has 4 atom stereocenters. The summed E-state index contributed by atoms with van der Waals surface area (Å²) in [7, 11) is -1.37. The molecule has 2 aliphatic heterocycles. The van der Waals surface area contributed by atoms with E-state index < -0.39 is 8.07 Å². The summed E-state index contributed by atoms with van der Waals surface area (Å²) in [5.74, 6) is 1.17. The molecule has 2 aliphatic rings. The Hall–Kier alpha value is 0.0569. The third-order valence-corrected chi connectivity index (χ3v) is 15.6. The molecule has 0 aliphatic carbocycles. The van der Waals surface area contributed by atoms with Gasteiger partial charge in [0.1, 0.15) is 0 Å². The van der Waals surface area contributed by atoms with Crippen LogP contribution in [0.4, 0.5) is 0 Å². The van der Waals surface area contributed by atoms with Crippen LogP contribution in [0.15, 0.2) is 0 Å². The Morgan fingerprint density at radius 1 is 0.742 bits per heavy atom. The monoisotopic (exact) mass is 456 g/mol. The Morgan fingerprint density at radius 3 is 1.39 bits per heavy atom. The number of ether oxygens (including phenoxy) is 4. The maximum Gasteiger partial charge on any atom is 0.0647 e. The van der Waals surface area contributed by atoms with E-state index >= 15 is 0 Å². The third kappa shape index (κ3) is 8.10. The van der Waals surface area contributed by atoms with Crippen LogP contribution in [0.5, 0.6) is 0 Å². The van der Waals surface area contributed by atoms with E-state index in [9.17, 15) is 0 Å². The SMILES string of the molecule is CCC(COCCC[Si](CCCOCC(CC)C1CCO1)(C(C)C)C(C)C)C1CCO1. The molecule has 2 heterocycles. The predicted octanol–water partition coefficient (Wildman–Crippen LogP) is 6.70. The van der Waals surface area contributed by atoms with Crippen molar-refractivity contribution in [2.24, 2.45) is 11.8 Å². The zero-order valence-corrected chi connectivity index (χ0v) is 22.5. The van der Waals surface area contributed by atoms with Crippen LogP contribution in [0.2, 0.25) is 23.2 Å². The number of rotatable bonds is 18. The van der Waals surface area contributed by atoms with E-state index in [0.29, 0.717) is 24.0 Å². The van der Waals surface area contributed by atoms with Crippen molar-refractivity contribution in [2.45, 2.75) is 115 Å². The maximum atomic E-state index is 6.12. The molecule has 0 aromatic carbocycles. The van der Waals surface area contributed by atoms with Crippen LogP contribution in [-0.4, -0.2) is 59.9 Å². The molecule has 2 fully saturated rings. The van der Waals surface area contributed by atoms with Gasteiger partial charge in [-0.25, -0.2) is 0 Å². The summed E-state index contributed by atoms with van der Waals surface area (Å²) in [5.41, 5.74) is 1.62. The topological polar surface area (TPSA) is 36.9 Å². The van der Waals surface area contributed by atoms with Crippen LogP contribution in [0.3, 0.4) is 0 Å². The van der Waals surface area contributed by atoms with Gasteiger partial charge in [0.05, 0.1) is 33.5 Å². The lowest BCUT2D eigenvalue weighted by Crippen LogP contribution is -2.41. The summed E-state index contributed by atoms with van der Waals surface area (Å²) < 4.78 is 23.6. The second-order valence-electron chi connectivity index (χ2n) is 10.6. The summed E-state index contributed by atoms with van der Waals surface area (Å²) in [6, 6.07) is 2.76. The van der Waals surface area contributed by atoms with Crippen molar-refractivity contribution in [1.82, 2.24) is 0 Å². The molecule has 4 nitrogen and oxygen atoms in total. The smallest absolute Gasteiger partial charge is 0.0647 e. The summed E-state index contributed by atoms with van der Waals surface area (Å²) in [5, 5.41) is 0. The molecule has 4 unspecified atom stereocenters. The summed E-state index contributed by atoms with van der Waals surface area (Å²) >= 11 is 0. The molecule has 0 aromatic heterocycles. The zero-order valence-electron chi connectivity index (χ0n) is 21.5. The van der Waals surface area contributed by atoms with Gasteiger partial charge in [-0.3, -0.25) is 0 Å². The van der Waals surface area contributed by atoms with Crippen LogP contribution in [-0.2, 0) is 18.9 Å². The minimum Gasteiger partial charge on any atom is -0.381 e. The second kappa shape index (κ2) is 14.3. The van der Waals surface area contributed by atoms with Gasteiger partial charge in [0.2, 0.25) is 0 Å². The quantitative estimate of drug-likeness (QED) is 0.170. The average Bonchev–Trinajstić information content (AvgIpc) is 2.66. The van der Waals surface area contributed by atoms with Gasteiger partial charge in [0.25, 0.3) is 0 Å². The van der Waals surface area contributed by atoms with E-state index in [0.717, 1.165) is 63.6 Å². The van der Waals surface area contributed by atoms with Crippen LogP contribution < -0.4 is 0 Å². The molecule has 31 heavy (non-hydrogen) atoms. The van der Waals surface area contributed by atoms with Crippen molar-refractivity contribution in [1.29, 1.82) is 0 Å². The highest BCUT2D eigenvalue weighted by Gasteiger charge is 2.38. The molecule has 5 heteroatoms. The van der Waals surface area contributed by atoms with Crippen molar-refractivity contribution in [3.05, 3.63) is 0 Å². The van der Waals surface area contributed by atoms with Gasteiger partial charge in [-0.1, -0.05) is 64.7 Å². The molecule has 0 aromatic rings. The molecule has 0 bridgehead atoms. The van der Waals surface area contributed by atoms with Crippen molar-refractivity contribution >= 4 is 8.07 Å². The third-order valence-electron chi connectivity index (χ3n) is 8.39. The van der Waals surface area contributed by atoms with Gasteiger partial charge in [-0.15, -0.1) is 0 Å². The first-order chi connectivity index (χ1) is 14.9. The maximum absolute atomic E-state index is 6.12. The molecule has 184 valence electrons. The fourth-order valence-electron chi connectivity index (χ4n) is 5.65. The zero-order chi connectivity index (χ0) is 22.7. The van der Waals surface area contributed by atoms with Gasteiger partial charge in [0, 0.05) is 38.3 Å². The van der Waals surface area contributed by atoms with E-state index in [1.165, 1.54) is 37.8 Å². The van der Waals surface area contributed by atoms with Gasteiger partial charge in [-0.2, -0.15) is 0 Å². The molecule has 2 rings (SSSR count). The number of hydrogen-bond donors (Lipinski definition) is 0. The molecular weight excluding hydrogens is 404 g/mol. The van der Waals surface area contributed by atoms with Crippen molar-refractivity contribution in [3.8, 4) is 0 Å². The Morgan fingerprint density at radius 2 is 1.13 bits per heavy atom. The molecule has 0 amide bonds. The van der Waals surface area contributed by atoms with Crippen LogP contribution in [0, 0.1) is 11.8 Å². The van der Waals surface area contributed by atoms with Crippen LogP contribution >= 0.6 is 0 Å². The summed E-state index contributed by atoms with van der Waals surface area (Å²) in [4.78, 5) is 0. The van der Waals surface area contributed by atoms with Gasteiger partial charge >= 0.3 is 0 Å². The standard InChI is InChI=1S/C26H52O4Si/c1-7-23(25-11-15-29-25)19-27-13-9-17-31(21(3)4,22(5)6)18-10-14-28-20-24(8-2)26-12-16-30-26/h21-26H,7-20H2,1-6H3. The summed E-state index contributed by atoms with van der Waals surface area (Å²) in [6.07, 6.45) is 8.08. The normalized spacial score (nSPS) is 23.6. The Kier molecular flexibility index (Phi) is 12.6. The first kappa shape index (κ1) is 27.3. The Labute approximate surface area is 194 Å². The number of hydrogen-bond acceptors (Lipinski definition) is 4. The lowest BCUT2D eigenvalue weighted by atomic mass is 9.95. The highest BCUT2D eigenvalue weighted by Crippen LogP contribution is 2.41. The van der Waals surface area contributed by atoms with Crippen LogP contribution in [0.1, 0.15) is 80.1 Å². The van der Waals surface area contributed by atoms with E-state index in [1.807, 2.05) is 0 Å². The van der Waals surface area contributed by atoms with E-state index in [1.54, 1.807) is 0 Å². The van der Waals surface area contributed by atoms with Crippen molar-refractivity contribution < 1.29 is 18.9 Å². The van der Waals surface area contributed by atoms with Crippen molar-refractivity contribution in [2.75, 3.05) is 39.6 Å². The fourth-order valence-corrected chi connectivity index (χ4v) is 11.1. The van der Waals surface area contributed by atoms with Crippen LogP contribution in [0.25, 0.3) is 0 Å². The highest BCUT2D eigenvalue weighted by atomic mass is 28.3. The minimum absolute atomic E-state index is 0.452. The van der Waals surface area contributed by atoms with E-state index in [2.05, 4.69) is 41.5 Å². The highest BCUT2D eigenvalue weighted by molar-refractivity contribution is 6.82.